The van der Waals surface area contributed by atoms with E-state index in [1.807, 2.05) is 12.1 Å². The van der Waals surface area contributed by atoms with Crippen LogP contribution in [0.4, 0.5) is 17.1 Å². The molecule has 1 heterocycles. The number of para-hydroxylation sites is 2. The summed E-state index contributed by atoms with van der Waals surface area (Å²) in [6.45, 7) is 4.69. The molecule has 2 heteroatoms. The van der Waals surface area contributed by atoms with Crippen LogP contribution in [0, 0.1) is 0 Å². The summed E-state index contributed by atoms with van der Waals surface area (Å²) in [7, 11) is 0. The molecular formula is C43H31NO. The number of anilines is 3. The summed E-state index contributed by atoms with van der Waals surface area (Å²) in [5, 5.41) is 4.57. The number of fused-ring (bicyclic) bond motifs is 8. The van der Waals surface area contributed by atoms with Gasteiger partial charge in [0.15, 0.2) is 0 Å². The van der Waals surface area contributed by atoms with E-state index >= 15 is 0 Å². The van der Waals surface area contributed by atoms with Crippen LogP contribution in [0.3, 0.4) is 0 Å². The normalized spacial score (nSPS) is 13.3. The third-order valence-corrected chi connectivity index (χ3v) is 9.66. The van der Waals surface area contributed by atoms with E-state index in [1.165, 1.54) is 33.4 Å². The second-order valence-electron chi connectivity index (χ2n) is 12.6. The van der Waals surface area contributed by atoms with E-state index in [4.69, 9.17) is 4.42 Å². The van der Waals surface area contributed by atoms with E-state index in [2.05, 4.69) is 158 Å². The molecule has 1 aromatic heterocycles. The molecule has 0 amide bonds. The zero-order valence-electron chi connectivity index (χ0n) is 25.3. The van der Waals surface area contributed by atoms with Gasteiger partial charge in [0.1, 0.15) is 11.2 Å². The molecule has 0 N–H and O–H groups in total. The Morgan fingerprint density at radius 1 is 0.489 bits per heavy atom. The fraction of sp³-hybridized carbons (Fsp3) is 0.0698. The van der Waals surface area contributed by atoms with Crippen molar-refractivity contribution in [3.63, 3.8) is 0 Å². The molecule has 1 aliphatic carbocycles. The molecule has 0 radical (unpaired) electrons. The first-order chi connectivity index (χ1) is 22.1. The molecule has 0 saturated carbocycles. The largest absolute Gasteiger partial charge is 0.455 e. The Morgan fingerprint density at radius 2 is 1.16 bits per heavy atom. The summed E-state index contributed by atoms with van der Waals surface area (Å²) in [6, 6.07) is 54.7. The molecule has 0 atom stereocenters. The van der Waals surface area contributed by atoms with E-state index in [9.17, 15) is 0 Å². The predicted molar refractivity (Wildman–Crippen MR) is 189 cm³/mol. The molecule has 8 aromatic rings. The van der Waals surface area contributed by atoms with Crippen molar-refractivity contribution < 1.29 is 4.42 Å². The Hall–Kier alpha value is -5.60. The third-order valence-electron chi connectivity index (χ3n) is 9.66. The SMILES string of the molecule is CC1(C)c2ccccc2-c2ccc(N(c3ccc4c(ccc5c6ccccc6oc45)c3)c3ccccc3-c3ccccc3)cc21. The molecule has 214 valence electrons. The van der Waals surface area contributed by atoms with Gasteiger partial charge in [-0.25, -0.2) is 0 Å². The minimum Gasteiger partial charge on any atom is -0.455 e. The highest BCUT2D eigenvalue weighted by molar-refractivity contribution is 6.15. The number of nitrogens with zero attached hydrogens (tertiary/aromatic N) is 1. The first-order valence-corrected chi connectivity index (χ1v) is 15.6. The van der Waals surface area contributed by atoms with E-state index in [1.54, 1.807) is 0 Å². The lowest BCUT2D eigenvalue weighted by Crippen LogP contribution is -2.16. The standard InChI is InChI=1S/C43H31NO/c1-43(2)38-17-9-6-15-34(38)35-25-22-31(27-39(35)43)44(40-18-10-7-14-32(40)28-12-4-3-5-13-28)30-21-24-33-29(26-30)20-23-37-36-16-8-11-19-41(36)45-42(33)37/h3-27H,1-2H3. The van der Waals surface area contributed by atoms with Gasteiger partial charge >= 0.3 is 0 Å². The molecule has 45 heavy (non-hydrogen) atoms. The number of benzene rings is 7. The van der Waals surface area contributed by atoms with Crippen molar-refractivity contribution in [1.29, 1.82) is 0 Å². The van der Waals surface area contributed by atoms with Crippen LogP contribution >= 0.6 is 0 Å². The van der Waals surface area contributed by atoms with Gasteiger partial charge in [0.25, 0.3) is 0 Å². The van der Waals surface area contributed by atoms with Gasteiger partial charge < -0.3 is 9.32 Å². The molecule has 0 bridgehead atoms. The molecule has 0 saturated heterocycles. The number of hydrogen-bond donors (Lipinski definition) is 0. The lowest BCUT2D eigenvalue weighted by atomic mass is 9.82. The van der Waals surface area contributed by atoms with Gasteiger partial charge in [-0.2, -0.15) is 0 Å². The van der Waals surface area contributed by atoms with Crippen molar-refractivity contribution in [3.05, 3.63) is 163 Å². The molecule has 9 rings (SSSR count). The van der Waals surface area contributed by atoms with Crippen molar-refractivity contribution in [2.45, 2.75) is 19.3 Å². The number of furan rings is 1. The van der Waals surface area contributed by atoms with Crippen LogP contribution in [0.5, 0.6) is 0 Å². The fourth-order valence-electron chi connectivity index (χ4n) is 7.43. The maximum atomic E-state index is 6.40. The van der Waals surface area contributed by atoms with Crippen LogP contribution < -0.4 is 4.90 Å². The summed E-state index contributed by atoms with van der Waals surface area (Å²) in [6.07, 6.45) is 0. The van der Waals surface area contributed by atoms with E-state index in [0.717, 1.165) is 49.8 Å². The molecule has 0 unspecified atom stereocenters. The smallest absolute Gasteiger partial charge is 0.143 e. The minimum absolute atomic E-state index is 0.0944. The summed E-state index contributed by atoms with van der Waals surface area (Å²) in [4.78, 5) is 2.42. The monoisotopic (exact) mass is 577 g/mol. The first-order valence-electron chi connectivity index (χ1n) is 15.6. The predicted octanol–water partition coefficient (Wildman–Crippen LogP) is 12.2. The molecule has 0 aliphatic heterocycles. The van der Waals surface area contributed by atoms with Crippen molar-refractivity contribution in [1.82, 2.24) is 0 Å². The fourth-order valence-corrected chi connectivity index (χ4v) is 7.43. The second kappa shape index (κ2) is 9.70. The molecule has 2 nitrogen and oxygen atoms in total. The third kappa shape index (κ3) is 3.89. The van der Waals surface area contributed by atoms with Crippen molar-refractivity contribution >= 4 is 49.8 Å². The molecule has 0 spiro atoms. The zero-order valence-corrected chi connectivity index (χ0v) is 25.3. The maximum absolute atomic E-state index is 6.40. The summed E-state index contributed by atoms with van der Waals surface area (Å²) < 4.78 is 6.40. The van der Waals surface area contributed by atoms with Crippen molar-refractivity contribution in [3.8, 4) is 22.3 Å². The van der Waals surface area contributed by atoms with Gasteiger partial charge in [-0.3, -0.25) is 0 Å². The molecular weight excluding hydrogens is 546 g/mol. The van der Waals surface area contributed by atoms with Crippen molar-refractivity contribution in [2.24, 2.45) is 0 Å². The summed E-state index contributed by atoms with van der Waals surface area (Å²) >= 11 is 0. The zero-order chi connectivity index (χ0) is 30.1. The van der Waals surface area contributed by atoms with Gasteiger partial charge in [0, 0.05) is 38.5 Å². The van der Waals surface area contributed by atoms with Crippen LogP contribution in [0.2, 0.25) is 0 Å². The van der Waals surface area contributed by atoms with Gasteiger partial charge in [0.05, 0.1) is 5.69 Å². The lowest BCUT2D eigenvalue weighted by Gasteiger charge is -2.30. The summed E-state index contributed by atoms with van der Waals surface area (Å²) in [5.74, 6) is 0. The van der Waals surface area contributed by atoms with E-state index in [-0.39, 0.29) is 5.41 Å². The Morgan fingerprint density at radius 3 is 2.04 bits per heavy atom. The van der Waals surface area contributed by atoms with Gasteiger partial charge in [-0.05, 0) is 81.7 Å². The highest BCUT2D eigenvalue weighted by atomic mass is 16.3. The van der Waals surface area contributed by atoms with Gasteiger partial charge in [-0.15, -0.1) is 0 Å². The topological polar surface area (TPSA) is 16.4 Å². The molecule has 1 aliphatic rings. The van der Waals surface area contributed by atoms with Crippen LogP contribution in [-0.4, -0.2) is 0 Å². The van der Waals surface area contributed by atoms with Crippen LogP contribution in [-0.2, 0) is 5.41 Å². The van der Waals surface area contributed by atoms with Gasteiger partial charge in [-0.1, -0.05) is 117 Å². The van der Waals surface area contributed by atoms with E-state index in [0.29, 0.717) is 0 Å². The highest BCUT2D eigenvalue weighted by Crippen LogP contribution is 2.51. The van der Waals surface area contributed by atoms with Crippen molar-refractivity contribution in [2.75, 3.05) is 4.90 Å². The maximum Gasteiger partial charge on any atom is 0.143 e. The average Bonchev–Trinajstić information content (AvgIpc) is 3.58. The molecule has 0 fully saturated rings. The average molecular weight is 578 g/mol. The highest BCUT2D eigenvalue weighted by Gasteiger charge is 2.35. The first kappa shape index (κ1) is 25.9. The van der Waals surface area contributed by atoms with Gasteiger partial charge in [0.2, 0.25) is 0 Å². The Balaban J connectivity index is 1.28. The lowest BCUT2D eigenvalue weighted by molar-refractivity contribution is 0.660. The Labute approximate surface area is 262 Å². The van der Waals surface area contributed by atoms with Crippen LogP contribution in [0.1, 0.15) is 25.0 Å². The molecule has 7 aromatic carbocycles. The van der Waals surface area contributed by atoms with Crippen LogP contribution in [0.25, 0.3) is 55.0 Å². The summed E-state index contributed by atoms with van der Waals surface area (Å²) in [5.41, 5.74) is 12.9. The second-order valence-corrected chi connectivity index (χ2v) is 12.6. The quantitative estimate of drug-likeness (QED) is 0.207. The van der Waals surface area contributed by atoms with Crippen LogP contribution in [0.15, 0.2) is 156 Å². The van der Waals surface area contributed by atoms with E-state index < -0.39 is 0 Å². The number of hydrogen-bond acceptors (Lipinski definition) is 2. The minimum atomic E-state index is -0.0944. The Bertz CT molecular complexity index is 2410. The Kier molecular flexibility index (Phi) is 5.58. The number of rotatable bonds is 4.